The van der Waals surface area contributed by atoms with E-state index in [0.29, 0.717) is 0 Å². The van der Waals surface area contributed by atoms with E-state index in [-0.39, 0.29) is 6.04 Å². The summed E-state index contributed by atoms with van der Waals surface area (Å²) in [6.07, 6.45) is 14.1. The highest BCUT2D eigenvalue weighted by molar-refractivity contribution is 5.67. The van der Waals surface area contributed by atoms with Crippen LogP contribution >= 0.6 is 0 Å². The zero-order chi connectivity index (χ0) is 11.9. The number of dihydropyridines is 1. The Balaban J connectivity index is 2.10. The molecule has 1 aromatic carbocycles. The summed E-state index contributed by atoms with van der Waals surface area (Å²) in [5.41, 5.74) is 2.54. The molecular weight excluding hydrogens is 208 g/mol. The minimum absolute atomic E-state index is 0.270. The van der Waals surface area contributed by atoms with Gasteiger partial charge in [-0.1, -0.05) is 42.5 Å². The van der Waals surface area contributed by atoms with Crippen molar-refractivity contribution in [3.8, 4) is 0 Å². The van der Waals surface area contributed by atoms with E-state index in [0.717, 1.165) is 6.42 Å². The van der Waals surface area contributed by atoms with Crippen LogP contribution in [0.15, 0.2) is 60.8 Å². The van der Waals surface area contributed by atoms with Crippen LogP contribution in [0.1, 0.15) is 17.2 Å². The monoisotopic (exact) mass is 224 g/mol. The number of nitrogens with one attached hydrogen (secondary N) is 2. The second kappa shape index (κ2) is 5.85. The maximum Gasteiger partial charge on any atom is 0.0695 e. The van der Waals surface area contributed by atoms with Gasteiger partial charge in [-0.05, 0) is 35.9 Å². The van der Waals surface area contributed by atoms with Crippen LogP contribution in [0.5, 0.6) is 0 Å². The molecule has 1 unspecified atom stereocenters. The maximum absolute atomic E-state index is 6.93. The van der Waals surface area contributed by atoms with E-state index in [1.165, 1.54) is 17.3 Å². The van der Waals surface area contributed by atoms with Gasteiger partial charge in [-0.25, -0.2) is 0 Å². The molecular formula is C15H16N2. The number of benzene rings is 1. The van der Waals surface area contributed by atoms with Crippen molar-refractivity contribution in [1.82, 2.24) is 5.32 Å². The summed E-state index contributed by atoms with van der Waals surface area (Å²) >= 11 is 0. The van der Waals surface area contributed by atoms with E-state index in [4.69, 9.17) is 5.41 Å². The third-order valence-electron chi connectivity index (χ3n) is 2.68. The van der Waals surface area contributed by atoms with Crippen molar-refractivity contribution >= 4 is 6.21 Å². The van der Waals surface area contributed by atoms with Crippen LogP contribution in [0.25, 0.3) is 0 Å². The lowest BCUT2D eigenvalue weighted by Gasteiger charge is -2.16. The molecule has 2 N–H and O–H groups in total. The molecule has 1 aromatic rings. The smallest absolute Gasteiger partial charge is 0.0695 e. The van der Waals surface area contributed by atoms with Crippen molar-refractivity contribution in [2.45, 2.75) is 12.5 Å². The Hall–Kier alpha value is -2.09. The van der Waals surface area contributed by atoms with Crippen molar-refractivity contribution in [1.29, 1.82) is 5.41 Å². The van der Waals surface area contributed by atoms with Gasteiger partial charge in [0.25, 0.3) is 0 Å². The van der Waals surface area contributed by atoms with Crippen molar-refractivity contribution < 1.29 is 0 Å². The van der Waals surface area contributed by atoms with Gasteiger partial charge in [0.2, 0.25) is 0 Å². The maximum atomic E-state index is 6.93. The summed E-state index contributed by atoms with van der Waals surface area (Å²) in [5.74, 6) is 0. The predicted molar refractivity (Wildman–Crippen MR) is 72.2 cm³/mol. The van der Waals surface area contributed by atoms with Gasteiger partial charge in [-0.3, -0.25) is 0 Å². The molecule has 86 valence electrons. The first-order chi connectivity index (χ1) is 8.40. The summed E-state index contributed by atoms with van der Waals surface area (Å²) in [6.45, 7) is 0. The number of hydrogen-bond acceptors (Lipinski definition) is 2. The predicted octanol–water partition coefficient (Wildman–Crippen LogP) is 3.15. The normalized spacial score (nSPS) is 18.2. The molecule has 0 saturated carbocycles. The van der Waals surface area contributed by atoms with E-state index in [2.05, 4.69) is 41.7 Å². The van der Waals surface area contributed by atoms with Crippen LogP contribution in [-0.2, 0) is 6.42 Å². The molecule has 1 atom stereocenters. The van der Waals surface area contributed by atoms with Gasteiger partial charge in [-0.2, -0.15) is 0 Å². The van der Waals surface area contributed by atoms with Gasteiger partial charge in [0.05, 0.1) is 6.04 Å². The van der Waals surface area contributed by atoms with E-state index < -0.39 is 0 Å². The first kappa shape index (κ1) is 11.4. The first-order valence-corrected chi connectivity index (χ1v) is 5.74. The molecule has 0 bridgehead atoms. The molecule has 0 spiro atoms. The fourth-order valence-corrected chi connectivity index (χ4v) is 1.84. The Labute approximate surface area is 102 Å². The second-order valence-electron chi connectivity index (χ2n) is 3.93. The third kappa shape index (κ3) is 3.18. The van der Waals surface area contributed by atoms with Gasteiger partial charge in [0.15, 0.2) is 0 Å². The van der Waals surface area contributed by atoms with Gasteiger partial charge >= 0.3 is 0 Å². The standard InChI is InChI=1S/C15H16N2/c16-10-3-1-6-13-7-5-8-14(12-13)15-9-2-4-11-17-15/h1-5,7-12,15-17H,6H2/b3-1-,16-10?. The quantitative estimate of drug-likeness (QED) is 0.757. The van der Waals surface area contributed by atoms with Crippen LogP contribution in [0.4, 0.5) is 0 Å². The van der Waals surface area contributed by atoms with Crippen LogP contribution < -0.4 is 5.32 Å². The Morgan fingerprint density at radius 2 is 2.24 bits per heavy atom. The van der Waals surface area contributed by atoms with Crippen LogP contribution in [-0.4, -0.2) is 6.21 Å². The highest BCUT2D eigenvalue weighted by atomic mass is 14.9. The lowest BCUT2D eigenvalue weighted by molar-refractivity contribution is 0.745. The average molecular weight is 224 g/mol. The van der Waals surface area contributed by atoms with Gasteiger partial charge in [0, 0.05) is 6.21 Å². The van der Waals surface area contributed by atoms with Crippen molar-refractivity contribution in [2.75, 3.05) is 0 Å². The molecule has 0 radical (unpaired) electrons. The zero-order valence-corrected chi connectivity index (χ0v) is 9.64. The molecule has 2 rings (SSSR count). The van der Waals surface area contributed by atoms with Crippen molar-refractivity contribution in [3.05, 3.63) is 72.0 Å². The molecule has 1 heterocycles. The minimum atomic E-state index is 0.270. The molecule has 1 aliphatic rings. The fraction of sp³-hybridized carbons (Fsp3) is 0.133. The first-order valence-electron chi connectivity index (χ1n) is 5.74. The van der Waals surface area contributed by atoms with E-state index in [9.17, 15) is 0 Å². The van der Waals surface area contributed by atoms with Crippen molar-refractivity contribution in [3.63, 3.8) is 0 Å². The molecule has 0 saturated heterocycles. The summed E-state index contributed by atoms with van der Waals surface area (Å²) in [4.78, 5) is 0. The van der Waals surface area contributed by atoms with E-state index >= 15 is 0 Å². The summed E-state index contributed by atoms with van der Waals surface area (Å²) in [7, 11) is 0. The molecule has 17 heavy (non-hydrogen) atoms. The van der Waals surface area contributed by atoms with E-state index in [1.807, 2.05) is 18.4 Å². The molecule has 2 nitrogen and oxygen atoms in total. The van der Waals surface area contributed by atoms with E-state index in [1.54, 1.807) is 6.08 Å². The van der Waals surface area contributed by atoms with Gasteiger partial charge in [0.1, 0.15) is 0 Å². The van der Waals surface area contributed by atoms with Crippen LogP contribution in [0.2, 0.25) is 0 Å². The van der Waals surface area contributed by atoms with Crippen LogP contribution in [0, 0.1) is 5.41 Å². The second-order valence-corrected chi connectivity index (χ2v) is 3.93. The zero-order valence-electron chi connectivity index (χ0n) is 9.64. The Kier molecular flexibility index (Phi) is 3.92. The third-order valence-corrected chi connectivity index (χ3v) is 2.68. The number of hydrogen-bond donors (Lipinski definition) is 2. The fourth-order valence-electron chi connectivity index (χ4n) is 1.84. The molecule has 2 heteroatoms. The minimum Gasteiger partial charge on any atom is -0.381 e. The Morgan fingerprint density at radius 1 is 1.29 bits per heavy atom. The largest absolute Gasteiger partial charge is 0.381 e. The topological polar surface area (TPSA) is 35.9 Å². The SMILES string of the molecule is N=C/C=C\Cc1cccc(C2C=CC=CN2)c1. The molecule has 0 aliphatic carbocycles. The summed E-state index contributed by atoms with van der Waals surface area (Å²) < 4.78 is 0. The Bertz CT molecular complexity index is 470. The van der Waals surface area contributed by atoms with Gasteiger partial charge in [-0.15, -0.1) is 0 Å². The lowest BCUT2D eigenvalue weighted by Crippen LogP contribution is -2.14. The summed E-state index contributed by atoms with van der Waals surface area (Å²) in [6, 6.07) is 8.80. The lowest BCUT2D eigenvalue weighted by atomic mass is 10.0. The molecule has 0 amide bonds. The Morgan fingerprint density at radius 3 is 3.00 bits per heavy atom. The highest BCUT2D eigenvalue weighted by Crippen LogP contribution is 2.18. The number of allylic oxidation sites excluding steroid dienone is 4. The summed E-state index contributed by atoms with van der Waals surface area (Å²) in [5, 5.41) is 10.2. The molecule has 0 fully saturated rings. The number of rotatable bonds is 4. The molecule has 0 aromatic heterocycles. The molecule has 1 aliphatic heterocycles. The van der Waals surface area contributed by atoms with Crippen molar-refractivity contribution in [2.24, 2.45) is 0 Å². The van der Waals surface area contributed by atoms with Crippen LogP contribution in [0.3, 0.4) is 0 Å². The highest BCUT2D eigenvalue weighted by Gasteiger charge is 2.07. The average Bonchev–Trinajstić information content (AvgIpc) is 2.41. The van der Waals surface area contributed by atoms with Gasteiger partial charge < -0.3 is 10.7 Å².